The number of hydrogen-bond acceptors (Lipinski definition) is 4. The molecule has 0 spiro atoms. The van der Waals surface area contributed by atoms with Crippen LogP contribution in [0.4, 0.5) is 0 Å². The normalized spacial score (nSPS) is 34.0. The van der Waals surface area contributed by atoms with E-state index in [-0.39, 0.29) is 11.2 Å². The number of ether oxygens (including phenoxy) is 1. The summed E-state index contributed by atoms with van der Waals surface area (Å²) in [6.45, 7) is 0.991. The van der Waals surface area contributed by atoms with Crippen LogP contribution in [0.25, 0.3) is 0 Å². The topological polar surface area (TPSA) is 49.8 Å². The number of ketones is 1. The Morgan fingerprint density at radius 1 is 1.41 bits per heavy atom. The van der Waals surface area contributed by atoms with E-state index in [2.05, 4.69) is 18.0 Å². The number of likely N-dealkylation sites (tertiary alicyclic amines) is 1. The van der Waals surface area contributed by atoms with E-state index < -0.39 is 0 Å². The zero-order valence-electron chi connectivity index (χ0n) is 13.3. The molecule has 1 saturated carbocycles. The summed E-state index contributed by atoms with van der Waals surface area (Å²) in [6.07, 6.45) is 4.13. The van der Waals surface area contributed by atoms with Gasteiger partial charge in [-0.25, -0.2) is 0 Å². The van der Waals surface area contributed by atoms with Crippen molar-refractivity contribution in [2.75, 3.05) is 20.7 Å². The maximum absolute atomic E-state index is 12.2. The predicted molar refractivity (Wildman–Crippen MR) is 83.4 cm³/mol. The van der Waals surface area contributed by atoms with Gasteiger partial charge in [0.2, 0.25) is 0 Å². The van der Waals surface area contributed by atoms with Crippen LogP contribution in [0, 0.1) is 5.92 Å². The molecule has 2 fully saturated rings. The number of likely N-dealkylation sites (N-methyl/N-ethyl adjacent to an activating group) is 1. The van der Waals surface area contributed by atoms with Gasteiger partial charge in [-0.05, 0) is 50.4 Å². The van der Waals surface area contributed by atoms with Crippen molar-refractivity contribution in [3.63, 3.8) is 0 Å². The maximum Gasteiger partial charge on any atom is 0.161 e. The number of hydrogen-bond donors (Lipinski definition) is 1. The van der Waals surface area contributed by atoms with E-state index in [1.165, 1.54) is 5.56 Å². The molecule has 1 N–H and O–H groups in total. The summed E-state index contributed by atoms with van der Waals surface area (Å²) in [7, 11) is 3.78. The molecule has 0 radical (unpaired) electrons. The van der Waals surface area contributed by atoms with Crippen molar-refractivity contribution in [1.82, 2.24) is 4.90 Å². The Labute approximate surface area is 131 Å². The van der Waals surface area contributed by atoms with Crippen LogP contribution in [-0.2, 0) is 16.6 Å². The molecular formula is C18H23NO3. The number of benzene rings is 1. The van der Waals surface area contributed by atoms with Crippen LogP contribution in [0.1, 0.15) is 36.8 Å². The largest absolute Gasteiger partial charge is 0.504 e. The highest BCUT2D eigenvalue weighted by Crippen LogP contribution is 2.58. The summed E-state index contributed by atoms with van der Waals surface area (Å²) >= 11 is 0. The molecule has 1 aliphatic heterocycles. The second-order valence-corrected chi connectivity index (χ2v) is 7.17. The molecule has 1 aromatic rings. The van der Waals surface area contributed by atoms with Crippen LogP contribution < -0.4 is 4.74 Å². The molecule has 1 saturated heterocycles. The fourth-order valence-electron chi connectivity index (χ4n) is 5.27. The van der Waals surface area contributed by atoms with E-state index in [9.17, 15) is 9.90 Å². The minimum atomic E-state index is -0.182. The van der Waals surface area contributed by atoms with Gasteiger partial charge >= 0.3 is 0 Å². The third-order valence-electron chi connectivity index (χ3n) is 6.27. The number of nitrogens with zero attached hydrogens (tertiary/aromatic N) is 1. The van der Waals surface area contributed by atoms with E-state index >= 15 is 0 Å². The number of phenolic OH excluding ortho intramolecular Hbond substituents is 1. The lowest BCUT2D eigenvalue weighted by Gasteiger charge is -2.58. The van der Waals surface area contributed by atoms with E-state index in [1.807, 2.05) is 6.07 Å². The Kier molecular flexibility index (Phi) is 3.02. The molecule has 3 aliphatic rings. The van der Waals surface area contributed by atoms with Gasteiger partial charge in [0.25, 0.3) is 0 Å². The van der Waals surface area contributed by atoms with E-state index in [0.29, 0.717) is 36.3 Å². The summed E-state index contributed by atoms with van der Waals surface area (Å²) < 4.78 is 5.33. The first-order valence-electron chi connectivity index (χ1n) is 8.18. The summed E-state index contributed by atoms with van der Waals surface area (Å²) in [5.41, 5.74) is 2.02. The number of piperidine rings is 1. The molecule has 3 atom stereocenters. The van der Waals surface area contributed by atoms with Crippen LogP contribution in [0.5, 0.6) is 11.5 Å². The molecule has 4 heteroatoms. The van der Waals surface area contributed by atoms with Gasteiger partial charge in [0.1, 0.15) is 5.78 Å². The van der Waals surface area contributed by atoms with Crippen LogP contribution in [0.15, 0.2) is 12.1 Å². The Morgan fingerprint density at radius 2 is 2.23 bits per heavy atom. The molecule has 2 unspecified atom stereocenters. The fraction of sp³-hybridized carbons (Fsp3) is 0.611. The number of aromatic hydroxyl groups is 1. The number of Topliss-reactive ketones (excluding diaryl/α,β-unsaturated/α-hetero) is 1. The average molecular weight is 301 g/mol. The molecule has 2 aliphatic carbocycles. The lowest BCUT2D eigenvalue weighted by Crippen LogP contribution is -2.60. The van der Waals surface area contributed by atoms with E-state index in [1.54, 1.807) is 7.11 Å². The van der Waals surface area contributed by atoms with Crippen molar-refractivity contribution in [3.05, 3.63) is 23.3 Å². The minimum absolute atomic E-state index is 0.182. The molecule has 22 heavy (non-hydrogen) atoms. The Morgan fingerprint density at radius 3 is 3.00 bits per heavy atom. The fourth-order valence-corrected chi connectivity index (χ4v) is 5.27. The highest BCUT2D eigenvalue weighted by atomic mass is 16.5. The average Bonchev–Trinajstić information content (AvgIpc) is 2.50. The number of carbonyl (C=O) groups is 1. The standard InChI is InChI=1S/C18H23NO3/c1-19-8-7-18-10-12(20)4-5-13(18)14(19)9-11-3-6-15(22-2)17(21)16(11)18/h3,6,13-14,21H,4-5,7-10H2,1-2H3/t13?,14?,18-/m0/s1. The lowest BCUT2D eigenvalue weighted by atomic mass is 9.52. The summed E-state index contributed by atoms with van der Waals surface area (Å²) in [4.78, 5) is 14.7. The highest BCUT2D eigenvalue weighted by molar-refractivity contribution is 5.82. The molecule has 118 valence electrons. The van der Waals surface area contributed by atoms with Gasteiger partial charge in [-0.3, -0.25) is 4.79 Å². The first-order chi connectivity index (χ1) is 10.6. The molecule has 4 rings (SSSR count). The van der Waals surface area contributed by atoms with Crippen LogP contribution in [0.3, 0.4) is 0 Å². The summed E-state index contributed by atoms with van der Waals surface area (Å²) in [5.74, 6) is 1.61. The SMILES string of the molecule is COc1ccc2c(c1O)[C@]13CCN(C)C(C2)C1CCC(=O)C3. The van der Waals surface area contributed by atoms with Crippen molar-refractivity contribution >= 4 is 5.78 Å². The van der Waals surface area contributed by atoms with E-state index in [0.717, 1.165) is 31.4 Å². The monoisotopic (exact) mass is 301 g/mol. The van der Waals surface area contributed by atoms with Gasteiger partial charge < -0.3 is 14.7 Å². The molecule has 2 bridgehead atoms. The van der Waals surface area contributed by atoms with Crippen molar-refractivity contribution in [2.45, 2.75) is 43.6 Å². The van der Waals surface area contributed by atoms with Gasteiger partial charge in [0, 0.05) is 29.9 Å². The number of fused-ring (bicyclic) bond motifs is 1. The second-order valence-electron chi connectivity index (χ2n) is 7.17. The first kappa shape index (κ1) is 14.1. The van der Waals surface area contributed by atoms with E-state index in [4.69, 9.17) is 4.74 Å². The van der Waals surface area contributed by atoms with Gasteiger partial charge in [-0.15, -0.1) is 0 Å². The van der Waals surface area contributed by atoms with Crippen molar-refractivity contribution in [1.29, 1.82) is 0 Å². The van der Waals surface area contributed by atoms with Gasteiger partial charge in [-0.1, -0.05) is 6.07 Å². The molecule has 1 aromatic carbocycles. The quantitative estimate of drug-likeness (QED) is 0.864. The van der Waals surface area contributed by atoms with Crippen molar-refractivity contribution in [3.8, 4) is 11.5 Å². The minimum Gasteiger partial charge on any atom is -0.504 e. The summed E-state index contributed by atoms with van der Waals surface area (Å²) in [5, 5.41) is 10.8. The zero-order chi connectivity index (χ0) is 15.5. The van der Waals surface area contributed by atoms with Gasteiger partial charge in [0.15, 0.2) is 11.5 Å². The van der Waals surface area contributed by atoms with Crippen LogP contribution in [-0.4, -0.2) is 42.5 Å². The zero-order valence-corrected chi connectivity index (χ0v) is 13.3. The number of rotatable bonds is 1. The second kappa shape index (κ2) is 4.72. The predicted octanol–water partition coefficient (Wildman–Crippen LogP) is 2.27. The Hall–Kier alpha value is -1.55. The van der Waals surface area contributed by atoms with Crippen molar-refractivity contribution in [2.24, 2.45) is 5.92 Å². The smallest absolute Gasteiger partial charge is 0.161 e. The maximum atomic E-state index is 12.2. The highest BCUT2D eigenvalue weighted by Gasteiger charge is 2.56. The molecule has 0 aromatic heterocycles. The Balaban J connectivity index is 1.95. The van der Waals surface area contributed by atoms with Crippen molar-refractivity contribution < 1.29 is 14.6 Å². The third kappa shape index (κ3) is 1.70. The molecule has 0 amide bonds. The number of carbonyl (C=O) groups excluding carboxylic acids is 1. The lowest BCUT2D eigenvalue weighted by molar-refractivity contribution is -0.126. The Bertz CT molecular complexity index is 641. The molecule has 1 heterocycles. The van der Waals surface area contributed by atoms with Crippen LogP contribution >= 0.6 is 0 Å². The number of phenols is 1. The number of methoxy groups -OCH3 is 1. The van der Waals surface area contributed by atoms with Gasteiger partial charge in [0.05, 0.1) is 7.11 Å². The van der Waals surface area contributed by atoms with Crippen LogP contribution in [0.2, 0.25) is 0 Å². The molecule has 4 nitrogen and oxygen atoms in total. The first-order valence-corrected chi connectivity index (χ1v) is 8.18. The van der Waals surface area contributed by atoms with Gasteiger partial charge in [-0.2, -0.15) is 0 Å². The molecular weight excluding hydrogens is 278 g/mol. The third-order valence-corrected chi connectivity index (χ3v) is 6.27. The summed E-state index contributed by atoms with van der Waals surface area (Å²) in [6, 6.07) is 4.42.